The summed E-state index contributed by atoms with van der Waals surface area (Å²) < 4.78 is 0.717. The van der Waals surface area contributed by atoms with Crippen molar-refractivity contribution < 1.29 is 19.2 Å². The number of anilines is 1. The lowest BCUT2D eigenvalue weighted by Crippen LogP contribution is -2.45. The molecule has 1 atom stereocenters. The molecule has 32 heavy (non-hydrogen) atoms. The third kappa shape index (κ3) is 4.57. The molecule has 0 bridgehead atoms. The highest BCUT2D eigenvalue weighted by Crippen LogP contribution is 2.26. The summed E-state index contributed by atoms with van der Waals surface area (Å²) >= 11 is 3.31. The van der Waals surface area contributed by atoms with E-state index in [0.717, 1.165) is 10.6 Å². The van der Waals surface area contributed by atoms with Gasteiger partial charge >= 0.3 is 0 Å². The van der Waals surface area contributed by atoms with Crippen molar-refractivity contribution >= 4 is 45.4 Å². The summed E-state index contributed by atoms with van der Waals surface area (Å²) in [4.78, 5) is 57.6. The Kier molecular flexibility index (Phi) is 6.36. The number of hydrogen-bond donors (Lipinski definition) is 1. The first-order valence-electron chi connectivity index (χ1n) is 10.5. The molecule has 9 heteroatoms. The summed E-state index contributed by atoms with van der Waals surface area (Å²) in [6.45, 7) is 2.74. The lowest BCUT2D eigenvalue weighted by molar-refractivity contribution is -0.134. The predicted octanol–water partition coefficient (Wildman–Crippen LogP) is 3.02. The van der Waals surface area contributed by atoms with Crippen LogP contribution < -0.4 is 5.32 Å². The topological polar surface area (TPSA) is 99.7 Å². The number of likely N-dealkylation sites (tertiary alicyclic amines) is 1. The summed E-state index contributed by atoms with van der Waals surface area (Å²) in [5.74, 6) is -0.935. The fourth-order valence-electron chi connectivity index (χ4n) is 4.09. The van der Waals surface area contributed by atoms with E-state index in [-0.39, 0.29) is 42.5 Å². The molecule has 1 N–H and O–H groups in total. The average molecular weight is 499 g/mol. The fraction of sp³-hybridized carbons (Fsp3) is 0.348. The van der Waals surface area contributed by atoms with Crippen molar-refractivity contribution in [3.8, 4) is 0 Å². The number of aryl methyl sites for hydroxylation is 1. The van der Waals surface area contributed by atoms with Crippen LogP contribution in [-0.2, 0) is 9.59 Å². The number of piperidine rings is 1. The molecule has 1 aromatic carbocycles. The first-order chi connectivity index (χ1) is 15.3. The third-order valence-electron chi connectivity index (χ3n) is 5.77. The highest BCUT2D eigenvalue weighted by Gasteiger charge is 2.36. The van der Waals surface area contributed by atoms with Gasteiger partial charge in [0.15, 0.2) is 0 Å². The summed E-state index contributed by atoms with van der Waals surface area (Å²) in [6.07, 6.45) is 1.43. The molecule has 4 amide bonds. The zero-order valence-electron chi connectivity index (χ0n) is 17.6. The molecule has 2 aliphatic rings. The Hall–Kier alpha value is -3.07. The van der Waals surface area contributed by atoms with Gasteiger partial charge in [0, 0.05) is 36.2 Å². The number of aromatic nitrogens is 1. The van der Waals surface area contributed by atoms with Gasteiger partial charge in [0.25, 0.3) is 11.8 Å². The number of rotatable bonds is 5. The van der Waals surface area contributed by atoms with Gasteiger partial charge in [-0.15, -0.1) is 0 Å². The van der Waals surface area contributed by atoms with Gasteiger partial charge in [0.2, 0.25) is 11.8 Å². The maximum atomic E-state index is 12.8. The van der Waals surface area contributed by atoms with E-state index in [1.54, 1.807) is 29.2 Å². The van der Waals surface area contributed by atoms with Crippen LogP contribution in [0.25, 0.3) is 0 Å². The van der Waals surface area contributed by atoms with E-state index in [1.807, 2.05) is 19.1 Å². The minimum absolute atomic E-state index is 0.0172. The number of pyridine rings is 1. The van der Waals surface area contributed by atoms with Crippen molar-refractivity contribution in [2.45, 2.75) is 26.2 Å². The Morgan fingerprint density at radius 2 is 1.94 bits per heavy atom. The van der Waals surface area contributed by atoms with Gasteiger partial charge in [-0.25, -0.2) is 4.98 Å². The van der Waals surface area contributed by atoms with Crippen LogP contribution in [0.4, 0.5) is 5.82 Å². The molecule has 1 fully saturated rings. The quantitative estimate of drug-likeness (QED) is 0.638. The summed E-state index contributed by atoms with van der Waals surface area (Å²) in [5, 5.41) is 2.83. The van der Waals surface area contributed by atoms with Crippen LogP contribution in [0.3, 0.4) is 0 Å². The van der Waals surface area contributed by atoms with E-state index in [4.69, 9.17) is 0 Å². The van der Waals surface area contributed by atoms with Crippen molar-refractivity contribution in [3.63, 3.8) is 0 Å². The highest BCUT2D eigenvalue weighted by molar-refractivity contribution is 9.10. The smallest absolute Gasteiger partial charge is 0.261 e. The number of nitrogens with zero attached hydrogens (tertiary/aromatic N) is 3. The van der Waals surface area contributed by atoms with Crippen LogP contribution in [0, 0.1) is 12.8 Å². The van der Waals surface area contributed by atoms with Gasteiger partial charge < -0.3 is 10.2 Å². The lowest BCUT2D eigenvalue weighted by Gasteiger charge is -2.32. The van der Waals surface area contributed by atoms with Crippen LogP contribution in [0.2, 0.25) is 0 Å². The van der Waals surface area contributed by atoms with Crippen LogP contribution in [0.15, 0.2) is 40.9 Å². The molecule has 1 aromatic heterocycles. The number of nitrogens with one attached hydrogen (secondary N) is 1. The first-order valence-corrected chi connectivity index (χ1v) is 11.3. The fourth-order valence-corrected chi connectivity index (χ4v) is 4.45. The normalized spacial score (nSPS) is 18.0. The molecule has 166 valence electrons. The van der Waals surface area contributed by atoms with E-state index >= 15 is 0 Å². The predicted molar refractivity (Wildman–Crippen MR) is 121 cm³/mol. The second-order valence-electron chi connectivity index (χ2n) is 8.03. The first kappa shape index (κ1) is 22.1. The van der Waals surface area contributed by atoms with Gasteiger partial charge in [-0.05, 0) is 50.1 Å². The number of carbonyl (C=O) groups is 4. The zero-order valence-corrected chi connectivity index (χ0v) is 19.2. The number of carbonyl (C=O) groups excluding carboxylic acids is 4. The Morgan fingerprint density at radius 1 is 1.16 bits per heavy atom. The standard InChI is InChI=1S/C23H23BrN4O4/c1-14-4-2-6-19(25-14)26-21(30)15-5-3-10-27(13-15)20(29)9-11-28-22(31)17-8-7-16(24)12-18(17)23(28)32/h2,4,6-8,12,15H,3,5,9-11,13H2,1H3,(H,25,26,30). The van der Waals surface area contributed by atoms with Crippen LogP contribution in [0.1, 0.15) is 45.7 Å². The average Bonchev–Trinajstić information content (AvgIpc) is 3.01. The third-order valence-corrected chi connectivity index (χ3v) is 6.26. The number of amides is 4. The molecule has 8 nitrogen and oxygen atoms in total. The Labute approximate surface area is 194 Å². The van der Waals surface area contributed by atoms with Crippen molar-refractivity contribution in [1.29, 1.82) is 0 Å². The molecule has 0 radical (unpaired) electrons. The van der Waals surface area contributed by atoms with Gasteiger partial charge in [0.1, 0.15) is 5.82 Å². The number of hydrogen-bond acceptors (Lipinski definition) is 5. The van der Waals surface area contributed by atoms with Crippen molar-refractivity contribution in [3.05, 3.63) is 57.7 Å². The Morgan fingerprint density at radius 3 is 2.72 bits per heavy atom. The van der Waals surface area contributed by atoms with Gasteiger partial charge in [-0.3, -0.25) is 24.1 Å². The molecule has 0 aliphatic carbocycles. The van der Waals surface area contributed by atoms with Crippen LogP contribution in [-0.4, -0.2) is 58.0 Å². The highest BCUT2D eigenvalue weighted by atomic mass is 79.9. The zero-order chi connectivity index (χ0) is 22.8. The van der Waals surface area contributed by atoms with Gasteiger partial charge in [0.05, 0.1) is 17.0 Å². The number of halogens is 1. The summed E-state index contributed by atoms with van der Waals surface area (Å²) in [6, 6.07) is 10.4. The van der Waals surface area contributed by atoms with Gasteiger partial charge in [-0.1, -0.05) is 22.0 Å². The maximum absolute atomic E-state index is 12.8. The molecule has 0 spiro atoms. The molecule has 0 saturated carbocycles. The van der Waals surface area contributed by atoms with Crippen molar-refractivity contribution in [2.75, 3.05) is 25.0 Å². The molecule has 2 aromatic rings. The molecular weight excluding hydrogens is 476 g/mol. The second-order valence-corrected chi connectivity index (χ2v) is 8.95. The minimum Gasteiger partial charge on any atom is -0.342 e. The maximum Gasteiger partial charge on any atom is 0.261 e. The largest absolute Gasteiger partial charge is 0.342 e. The van der Waals surface area contributed by atoms with Crippen LogP contribution >= 0.6 is 15.9 Å². The van der Waals surface area contributed by atoms with Gasteiger partial charge in [-0.2, -0.15) is 0 Å². The van der Waals surface area contributed by atoms with E-state index < -0.39 is 0 Å². The van der Waals surface area contributed by atoms with Crippen molar-refractivity contribution in [2.24, 2.45) is 5.92 Å². The second kappa shape index (κ2) is 9.20. The SMILES string of the molecule is Cc1cccc(NC(=O)C2CCCN(C(=O)CCN3C(=O)c4ccc(Br)cc4C3=O)C2)n1. The van der Waals surface area contributed by atoms with Crippen LogP contribution in [0.5, 0.6) is 0 Å². The Bertz CT molecular complexity index is 1100. The molecular formula is C23H23BrN4O4. The number of fused-ring (bicyclic) bond motifs is 1. The molecule has 2 aliphatic heterocycles. The van der Waals surface area contributed by atoms with Crippen molar-refractivity contribution in [1.82, 2.24) is 14.8 Å². The number of imide groups is 1. The summed E-state index contributed by atoms with van der Waals surface area (Å²) in [5.41, 5.74) is 1.50. The minimum atomic E-state index is -0.388. The van der Waals surface area contributed by atoms with E-state index in [1.165, 1.54) is 0 Å². The number of benzene rings is 1. The molecule has 4 rings (SSSR count). The molecule has 1 unspecified atom stereocenters. The molecule has 3 heterocycles. The lowest BCUT2D eigenvalue weighted by atomic mass is 9.97. The monoisotopic (exact) mass is 498 g/mol. The van der Waals surface area contributed by atoms with E-state index in [2.05, 4.69) is 26.2 Å². The molecule has 1 saturated heterocycles. The summed E-state index contributed by atoms with van der Waals surface area (Å²) in [7, 11) is 0. The van der Waals surface area contributed by atoms with E-state index in [0.29, 0.717) is 47.3 Å². The Balaban J connectivity index is 1.33. The van der Waals surface area contributed by atoms with E-state index in [9.17, 15) is 19.2 Å².